The summed E-state index contributed by atoms with van der Waals surface area (Å²) in [6, 6.07) is 13.2. The number of nitriles is 1. The minimum Gasteiger partial charge on any atom is -0.394 e. The lowest BCUT2D eigenvalue weighted by Crippen LogP contribution is -2.16. The molecule has 1 amide bonds. The van der Waals surface area contributed by atoms with E-state index in [1.54, 1.807) is 30.5 Å². The number of rotatable bonds is 11. The van der Waals surface area contributed by atoms with E-state index in [-0.39, 0.29) is 24.3 Å². The molecule has 6 rings (SSSR count). The summed E-state index contributed by atoms with van der Waals surface area (Å²) in [5.41, 5.74) is 6.19. The van der Waals surface area contributed by atoms with Crippen LogP contribution in [0.2, 0.25) is 5.02 Å². The van der Waals surface area contributed by atoms with Crippen LogP contribution in [-0.4, -0.2) is 38.6 Å². The van der Waals surface area contributed by atoms with Gasteiger partial charge in [0.2, 0.25) is 5.91 Å². The average Bonchev–Trinajstić information content (AvgIpc) is 3.89. The summed E-state index contributed by atoms with van der Waals surface area (Å²) >= 11 is 6.13. The van der Waals surface area contributed by atoms with E-state index < -0.39 is 0 Å². The molecule has 0 bridgehead atoms. The number of anilines is 2. The van der Waals surface area contributed by atoms with E-state index in [4.69, 9.17) is 26.4 Å². The van der Waals surface area contributed by atoms with Crippen LogP contribution in [0, 0.1) is 17.2 Å². The highest BCUT2D eigenvalue weighted by molar-refractivity contribution is 6.30. The number of ether oxygens (including phenoxy) is 1. The van der Waals surface area contributed by atoms with Crippen LogP contribution in [0.1, 0.15) is 59.0 Å². The number of aliphatic hydroxyl groups excluding tert-OH is 1. The summed E-state index contributed by atoms with van der Waals surface area (Å²) < 4.78 is 7.66. The number of aromatic nitrogens is 3. The molecule has 0 saturated heterocycles. The second kappa shape index (κ2) is 11.3. The summed E-state index contributed by atoms with van der Waals surface area (Å²) in [4.78, 5) is 22.0. The number of aliphatic hydroxyl groups is 1. The van der Waals surface area contributed by atoms with E-state index in [1.807, 2.05) is 12.3 Å². The van der Waals surface area contributed by atoms with Crippen molar-refractivity contribution < 1.29 is 14.6 Å². The van der Waals surface area contributed by atoms with Gasteiger partial charge in [-0.15, -0.1) is 0 Å². The van der Waals surface area contributed by atoms with Crippen LogP contribution in [-0.2, 0) is 22.7 Å². The van der Waals surface area contributed by atoms with Gasteiger partial charge in [-0.25, -0.2) is 9.97 Å². The molecule has 2 saturated carbocycles. The van der Waals surface area contributed by atoms with E-state index >= 15 is 0 Å². The Balaban J connectivity index is 1.10. The van der Waals surface area contributed by atoms with Crippen molar-refractivity contribution in [3.8, 4) is 6.07 Å². The lowest BCUT2D eigenvalue weighted by Gasteiger charge is -2.08. The number of amides is 1. The van der Waals surface area contributed by atoms with Crippen LogP contribution in [0.25, 0.3) is 5.65 Å². The first-order valence-electron chi connectivity index (χ1n) is 13.4. The molecule has 3 N–H and O–H groups in total. The number of nitrogens with zero attached hydrogens (tertiary/aromatic N) is 4. The van der Waals surface area contributed by atoms with Crippen LogP contribution >= 0.6 is 11.6 Å². The van der Waals surface area contributed by atoms with E-state index in [0.717, 1.165) is 28.2 Å². The fraction of sp³-hybridized carbons (Fsp3) is 0.333. The van der Waals surface area contributed by atoms with Gasteiger partial charge in [0.05, 0.1) is 43.7 Å². The Morgan fingerprint density at radius 1 is 1.23 bits per heavy atom. The number of nitrogens with one attached hydrogen (secondary N) is 2. The Morgan fingerprint density at radius 3 is 2.90 bits per heavy atom. The van der Waals surface area contributed by atoms with Gasteiger partial charge in [-0.3, -0.25) is 4.79 Å². The van der Waals surface area contributed by atoms with Crippen molar-refractivity contribution in [1.82, 2.24) is 14.4 Å². The predicted molar refractivity (Wildman–Crippen MR) is 151 cm³/mol. The third-order valence-corrected chi connectivity index (χ3v) is 7.62. The number of hydrogen-bond donors (Lipinski definition) is 3. The number of fused-ring (bicyclic) bond motifs is 1. The summed E-state index contributed by atoms with van der Waals surface area (Å²) in [7, 11) is 0. The number of pyridine rings is 2. The minimum atomic E-state index is -0.224. The fourth-order valence-electron chi connectivity index (χ4n) is 5.11. The Kier molecular flexibility index (Phi) is 7.39. The molecule has 2 unspecified atom stereocenters. The number of halogens is 1. The molecular formula is C30H29ClN6O3. The molecule has 2 aliphatic rings. The second-order valence-electron chi connectivity index (χ2n) is 10.4. The van der Waals surface area contributed by atoms with Gasteiger partial charge in [-0.05, 0) is 72.6 Å². The first-order valence-corrected chi connectivity index (χ1v) is 13.8. The van der Waals surface area contributed by atoms with Gasteiger partial charge in [0.1, 0.15) is 11.5 Å². The molecular weight excluding hydrogens is 528 g/mol. The van der Waals surface area contributed by atoms with Gasteiger partial charge < -0.3 is 24.9 Å². The second-order valence-corrected chi connectivity index (χ2v) is 10.8. The zero-order valence-corrected chi connectivity index (χ0v) is 22.6. The van der Waals surface area contributed by atoms with Gasteiger partial charge in [0.25, 0.3) is 0 Å². The Hall–Kier alpha value is -3.97. The highest BCUT2D eigenvalue weighted by Gasteiger charge is 2.45. The summed E-state index contributed by atoms with van der Waals surface area (Å²) in [5, 5.41) is 25.3. The van der Waals surface area contributed by atoms with E-state index in [9.17, 15) is 10.1 Å². The van der Waals surface area contributed by atoms with Crippen LogP contribution in [0.4, 0.5) is 11.5 Å². The van der Waals surface area contributed by atoms with E-state index in [0.29, 0.717) is 48.5 Å². The summed E-state index contributed by atoms with van der Waals surface area (Å²) in [6.07, 6.45) is 8.89. The van der Waals surface area contributed by atoms with E-state index in [2.05, 4.69) is 38.4 Å². The van der Waals surface area contributed by atoms with Crippen molar-refractivity contribution in [2.75, 3.05) is 23.8 Å². The largest absolute Gasteiger partial charge is 0.394 e. The van der Waals surface area contributed by atoms with Crippen LogP contribution in [0.3, 0.4) is 0 Å². The van der Waals surface area contributed by atoms with Gasteiger partial charge in [0, 0.05) is 46.8 Å². The Morgan fingerprint density at radius 2 is 2.10 bits per heavy atom. The molecule has 204 valence electrons. The molecule has 10 heteroatoms. The van der Waals surface area contributed by atoms with E-state index in [1.165, 1.54) is 18.4 Å². The maximum Gasteiger partial charge on any atom is 0.229 e. The topological polar surface area (TPSA) is 125 Å². The fourth-order valence-corrected chi connectivity index (χ4v) is 5.29. The smallest absolute Gasteiger partial charge is 0.229 e. The number of carbonyl (C=O) groups is 1. The molecule has 2 atom stereocenters. The lowest BCUT2D eigenvalue weighted by molar-refractivity contribution is -0.117. The molecule has 0 spiro atoms. The predicted octanol–water partition coefficient (Wildman–Crippen LogP) is 4.99. The van der Waals surface area contributed by atoms with Crippen molar-refractivity contribution >= 4 is 34.7 Å². The first kappa shape index (κ1) is 26.3. The quantitative estimate of drug-likeness (QED) is 0.222. The van der Waals surface area contributed by atoms with Gasteiger partial charge in [-0.2, -0.15) is 5.26 Å². The van der Waals surface area contributed by atoms with Crippen molar-refractivity contribution in [2.24, 2.45) is 5.92 Å². The first-order chi connectivity index (χ1) is 19.5. The SMILES string of the molecule is N#Cc1ccc(Cl)cc1C1CC1C(=O)Nc1cc(NCc2cn3cc(C4CC4)cc(COCCO)c3n2)ccn1. The highest BCUT2D eigenvalue weighted by atomic mass is 35.5. The van der Waals surface area contributed by atoms with Crippen LogP contribution in [0.5, 0.6) is 0 Å². The molecule has 3 aromatic heterocycles. The van der Waals surface area contributed by atoms with Crippen molar-refractivity contribution in [1.29, 1.82) is 5.26 Å². The average molecular weight is 557 g/mol. The zero-order chi connectivity index (χ0) is 27.6. The summed E-state index contributed by atoms with van der Waals surface area (Å²) in [6.45, 7) is 1.17. The molecule has 2 fully saturated rings. The number of carbonyl (C=O) groups excluding carboxylic acids is 1. The number of benzene rings is 1. The zero-order valence-electron chi connectivity index (χ0n) is 21.8. The molecule has 3 heterocycles. The standard InChI is InChI=1S/C30H29ClN6O3/c31-22-4-3-19(13-32)25(10-22)26-12-27(26)30(39)36-28-11-23(5-6-33-28)34-14-24-16-37-15-20(18-1-2-18)9-21(29(37)35-24)17-40-8-7-38/h3-6,9-11,15-16,18,26-27,38H,1-2,7-8,12,14,17H2,(H2,33,34,36,39). The number of hydrogen-bond acceptors (Lipinski definition) is 7. The van der Waals surface area contributed by atoms with Gasteiger partial charge in [0.15, 0.2) is 0 Å². The molecule has 4 aromatic rings. The lowest BCUT2D eigenvalue weighted by atomic mass is 10.0. The van der Waals surface area contributed by atoms with Crippen molar-refractivity contribution in [3.05, 3.63) is 88.0 Å². The Bertz CT molecular complexity index is 1610. The van der Waals surface area contributed by atoms with Crippen molar-refractivity contribution in [3.63, 3.8) is 0 Å². The normalized spacial score (nSPS) is 17.9. The highest BCUT2D eigenvalue weighted by Crippen LogP contribution is 2.49. The molecule has 0 aliphatic heterocycles. The third kappa shape index (κ3) is 5.80. The maximum atomic E-state index is 12.9. The van der Waals surface area contributed by atoms with Crippen molar-refractivity contribution in [2.45, 2.75) is 44.2 Å². The summed E-state index contributed by atoms with van der Waals surface area (Å²) in [5.74, 6) is 0.684. The molecule has 2 aliphatic carbocycles. The third-order valence-electron chi connectivity index (χ3n) is 7.39. The molecule has 40 heavy (non-hydrogen) atoms. The van der Waals surface area contributed by atoms with Gasteiger partial charge >= 0.3 is 0 Å². The van der Waals surface area contributed by atoms with Crippen LogP contribution < -0.4 is 10.6 Å². The number of imidazole rings is 1. The van der Waals surface area contributed by atoms with Crippen LogP contribution in [0.15, 0.2) is 55.0 Å². The Labute approximate surface area is 236 Å². The monoisotopic (exact) mass is 556 g/mol. The molecule has 1 aromatic carbocycles. The molecule has 0 radical (unpaired) electrons. The minimum absolute atomic E-state index is 0.0121. The molecule has 9 nitrogen and oxygen atoms in total. The maximum absolute atomic E-state index is 12.9. The van der Waals surface area contributed by atoms with Gasteiger partial charge in [-0.1, -0.05) is 11.6 Å².